The molecule has 1 heterocycles. The molecule has 0 aromatic carbocycles. The van der Waals surface area contributed by atoms with Crippen LogP contribution in [-0.4, -0.2) is 14.9 Å². The van der Waals surface area contributed by atoms with Crippen LogP contribution in [0.2, 0.25) is 1.41 Å². The third kappa shape index (κ3) is 1.15. The van der Waals surface area contributed by atoms with Gasteiger partial charge in [-0.1, -0.05) is 0 Å². The van der Waals surface area contributed by atoms with Crippen molar-refractivity contribution in [2.75, 3.05) is 0 Å². The molecule has 48 valence electrons. The van der Waals surface area contributed by atoms with E-state index in [1.54, 1.807) is 9.97 Å². The first-order valence-corrected chi connectivity index (χ1v) is 2.06. The summed E-state index contributed by atoms with van der Waals surface area (Å²) in [7, 11) is 0. The number of hydrogen-bond donors (Lipinski definition) is 3. The molecule has 0 saturated carbocycles. The zero-order valence-electron chi connectivity index (χ0n) is 5.17. The summed E-state index contributed by atoms with van der Waals surface area (Å²) in [5.74, 6) is 0. The molecule has 0 saturated heterocycles. The summed E-state index contributed by atoms with van der Waals surface area (Å²) in [4.78, 5) is 34.4. The van der Waals surface area contributed by atoms with Crippen molar-refractivity contribution in [1.82, 2.24) is 14.9 Å². The molecule has 0 aliphatic rings. The Balaban J connectivity index is 3.80. The molecule has 0 amide bonds. The zero-order chi connectivity index (χ0) is 7.72. The second-order valence-electron chi connectivity index (χ2n) is 1.30. The topological polar surface area (TPSA) is 98.6 Å². The van der Waals surface area contributed by atoms with Gasteiger partial charge < -0.3 is 0 Å². The molecule has 3 N–H and O–H groups in total. The second-order valence-corrected chi connectivity index (χ2v) is 1.30. The van der Waals surface area contributed by atoms with E-state index in [4.69, 9.17) is 1.41 Å². The van der Waals surface area contributed by atoms with Crippen molar-refractivity contribution >= 4 is 0 Å². The Hall–Kier alpha value is -1.59. The molecule has 0 radical (unpaired) electrons. The first kappa shape index (κ1) is 4.30. The first-order valence-electron chi connectivity index (χ1n) is 2.51. The SMILES string of the molecule is [2H]n1c(=O)[nH]c(=O)[nH]c1=O. The molecule has 0 spiro atoms. The summed E-state index contributed by atoms with van der Waals surface area (Å²) in [6.45, 7) is 0. The average molecular weight is 130 g/mol. The highest BCUT2D eigenvalue weighted by Crippen LogP contribution is 1.29. The van der Waals surface area contributed by atoms with Crippen LogP contribution in [0.5, 0.6) is 0 Å². The van der Waals surface area contributed by atoms with E-state index in [2.05, 4.69) is 0 Å². The predicted molar refractivity (Wildman–Crippen MR) is 28.3 cm³/mol. The van der Waals surface area contributed by atoms with Crippen LogP contribution in [0, 0.1) is 0 Å². The largest absolute Gasteiger partial charge is 0.330 e. The Morgan fingerprint density at radius 1 is 1.00 bits per heavy atom. The summed E-state index contributed by atoms with van der Waals surface area (Å²) in [6, 6.07) is 0. The normalized spacial score (nSPS) is 10.9. The fraction of sp³-hybridized carbons (Fsp3) is 0. The summed E-state index contributed by atoms with van der Waals surface area (Å²) in [5, 5.41) is 0. The van der Waals surface area contributed by atoms with Crippen LogP contribution >= 0.6 is 0 Å². The quantitative estimate of drug-likeness (QED) is 0.370. The van der Waals surface area contributed by atoms with Crippen LogP contribution in [-0.2, 0) is 0 Å². The number of aromatic nitrogens is 3. The molecular weight excluding hydrogens is 126 g/mol. The molecule has 0 aliphatic heterocycles. The Morgan fingerprint density at radius 3 is 1.89 bits per heavy atom. The smallest absolute Gasteiger partial charge is 0.259 e. The molecule has 1 rings (SSSR count). The van der Waals surface area contributed by atoms with Gasteiger partial charge in [0.2, 0.25) is 0 Å². The highest BCUT2D eigenvalue weighted by Gasteiger charge is 1.84. The van der Waals surface area contributed by atoms with Crippen LogP contribution in [0.15, 0.2) is 14.4 Å². The van der Waals surface area contributed by atoms with Crippen LogP contribution < -0.4 is 17.1 Å². The van der Waals surface area contributed by atoms with Gasteiger partial charge in [0.15, 0.2) is 1.41 Å². The van der Waals surface area contributed by atoms with Crippen LogP contribution in [0.1, 0.15) is 0 Å². The molecule has 1 aromatic heterocycles. The third-order valence-corrected chi connectivity index (χ3v) is 0.644. The van der Waals surface area contributed by atoms with Crippen molar-refractivity contribution in [2.45, 2.75) is 0 Å². The monoisotopic (exact) mass is 130 g/mol. The minimum atomic E-state index is -1.05. The Kier molecular flexibility index (Phi) is 0.828. The molecule has 6 nitrogen and oxygen atoms in total. The molecule has 0 bridgehead atoms. The fourth-order valence-corrected chi connectivity index (χ4v) is 0.374. The van der Waals surface area contributed by atoms with Gasteiger partial charge in [0.1, 0.15) is 0 Å². The number of aromatic amines is 3. The van der Waals surface area contributed by atoms with Crippen LogP contribution in [0.4, 0.5) is 0 Å². The summed E-state index contributed by atoms with van der Waals surface area (Å²) < 4.78 is 6.63. The average Bonchev–Trinajstić information content (AvgIpc) is 1.82. The van der Waals surface area contributed by atoms with Crippen molar-refractivity contribution in [3.8, 4) is 0 Å². The molecule has 0 fully saturated rings. The van der Waals surface area contributed by atoms with Gasteiger partial charge in [0.05, 0.1) is 0 Å². The Labute approximate surface area is 49.0 Å². The van der Waals surface area contributed by atoms with Gasteiger partial charge >= 0.3 is 17.1 Å². The van der Waals surface area contributed by atoms with Gasteiger partial charge in [-0.2, -0.15) is 0 Å². The van der Waals surface area contributed by atoms with Crippen molar-refractivity contribution in [3.63, 3.8) is 0 Å². The lowest BCUT2D eigenvalue weighted by atomic mass is 11.0. The number of rotatable bonds is 0. The molecule has 0 atom stereocenters. The Morgan fingerprint density at radius 2 is 1.44 bits per heavy atom. The van der Waals surface area contributed by atoms with E-state index >= 15 is 0 Å². The molecule has 0 aliphatic carbocycles. The summed E-state index contributed by atoms with van der Waals surface area (Å²) in [5.41, 5.74) is -3.00. The first-order chi connectivity index (χ1) is 4.61. The van der Waals surface area contributed by atoms with Gasteiger partial charge in [-0.3, -0.25) is 14.9 Å². The molecule has 0 unspecified atom stereocenters. The number of H-pyrrole nitrogens is 3. The maximum atomic E-state index is 10.4. The van der Waals surface area contributed by atoms with Crippen molar-refractivity contribution < 1.29 is 1.41 Å². The molecular formula is C3H3N3O3. The van der Waals surface area contributed by atoms with Gasteiger partial charge in [0, 0.05) is 0 Å². The second kappa shape index (κ2) is 1.73. The molecule has 1 aromatic rings. The maximum absolute atomic E-state index is 10.4. The van der Waals surface area contributed by atoms with E-state index in [1.165, 1.54) is 0 Å². The minimum absolute atomic E-state index is 0.0153. The van der Waals surface area contributed by atoms with E-state index in [0.717, 1.165) is 0 Å². The van der Waals surface area contributed by atoms with E-state index in [1.807, 2.05) is 0 Å². The van der Waals surface area contributed by atoms with Crippen molar-refractivity contribution in [3.05, 3.63) is 31.5 Å². The Bertz CT molecular complexity index is 364. The van der Waals surface area contributed by atoms with Crippen LogP contribution in [0.25, 0.3) is 0 Å². The maximum Gasteiger partial charge on any atom is 0.330 e. The third-order valence-electron chi connectivity index (χ3n) is 0.644. The molecule has 9 heavy (non-hydrogen) atoms. The standard InChI is InChI=1S/C3H3N3O3/c7-1-4-2(8)6-3(9)5-1/h(H3,4,5,6,7,8,9)/i/hD. The van der Waals surface area contributed by atoms with Gasteiger partial charge in [0.25, 0.3) is 0 Å². The van der Waals surface area contributed by atoms with Crippen molar-refractivity contribution in [1.29, 1.82) is 0 Å². The number of nitrogens with one attached hydrogen (secondary N) is 3. The lowest BCUT2D eigenvalue weighted by Crippen LogP contribution is -2.34. The highest BCUT2D eigenvalue weighted by atomic mass is 16.2. The van der Waals surface area contributed by atoms with E-state index in [0.29, 0.717) is 0 Å². The zero-order valence-corrected chi connectivity index (χ0v) is 4.17. The van der Waals surface area contributed by atoms with Gasteiger partial charge in [-0.25, -0.2) is 14.4 Å². The van der Waals surface area contributed by atoms with Gasteiger partial charge in [-0.15, -0.1) is 0 Å². The van der Waals surface area contributed by atoms with Crippen molar-refractivity contribution in [2.24, 2.45) is 0 Å². The predicted octanol–water partition coefficient (Wildman–Crippen LogP) is -2.25. The lowest BCUT2D eigenvalue weighted by molar-refractivity contribution is 0.888. The van der Waals surface area contributed by atoms with E-state index in [9.17, 15) is 14.4 Å². The minimum Gasteiger partial charge on any atom is -0.259 e. The highest BCUT2D eigenvalue weighted by molar-refractivity contribution is 4.60. The molecule has 6 heteroatoms. The van der Waals surface area contributed by atoms with E-state index in [-0.39, 0.29) is 4.98 Å². The summed E-state index contributed by atoms with van der Waals surface area (Å²) >= 11 is 0. The lowest BCUT2D eigenvalue weighted by Gasteiger charge is -1.77. The fourth-order valence-electron chi connectivity index (χ4n) is 0.374. The summed E-state index contributed by atoms with van der Waals surface area (Å²) in [6.07, 6.45) is 0. The number of hydrogen-bond acceptors (Lipinski definition) is 3. The van der Waals surface area contributed by atoms with E-state index < -0.39 is 17.1 Å². The van der Waals surface area contributed by atoms with Crippen LogP contribution in [0.3, 0.4) is 0 Å². The van der Waals surface area contributed by atoms with Gasteiger partial charge in [-0.05, 0) is 0 Å².